The molecule has 0 aliphatic rings. The van der Waals surface area contributed by atoms with Crippen molar-refractivity contribution < 1.29 is 5.11 Å². The van der Waals surface area contributed by atoms with Crippen molar-refractivity contribution in [3.63, 3.8) is 0 Å². The van der Waals surface area contributed by atoms with E-state index in [9.17, 15) is 5.11 Å². The summed E-state index contributed by atoms with van der Waals surface area (Å²) in [5, 5.41) is 13.1. The Morgan fingerprint density at radius 3 is 3.00 bits per heavy atom. The molecule has 1 heterocycles. The van der Waals surface area contributed by atoms with Crippen LogP contribution in [0.25, 0.3) is 0 Å². The third kappa shape index (κ3) is 4.68. The van der Waals surface area contributed by atoms with Crippen molar-refractivity contribution in [3.8, 4) is 0 Å². The lowest BCUT2D eigenvalue weighted by Gasteiger charge is -2.22. The highest BCUT2D eigenvalue weighted by Crippen LogP contribution is 2.12. The van der Waals surface area contributed by atoms with Crippen LogP contribution in [-0.4, -0.2) is 39.2 Å². The number of hydrogen-bond acceptors (Lipinski definition) is 5. The largest absolute Gasteiger partial charge is 0.387 e. The van der Waals surface area contributed by atoms with Gasteiger partial charge in [0.2, 0.25) is 5.28 Å². The highest BCUT2D eigenvalue weighted by molar-refractivity contribution is 7.98. The Bertz CT molecular complexity index is 322. The summed E-state index contributed by atoms with van der Waals surface area (Å²) in [6.07, 6.45) is 3.52. The normalized spacial score (nSPS) is 14.7. The molecule has 0 spiro atoms. The van der Waals surface area contributed by atoms with Crippen molar-refractivity contribution >= 4 is 29.2 Å². The first-order valence-corrected chi connectivity index (χ1v) is 6.24. The molecule has 1 aromatic heterocycles. The van der Waals surface area contributed by atoms with Crippen molar-refractivity contribution in [2.24, 2.45) is 0 Å². The molecule has 0 bridgehead atoms. The van der Waals surface area contributed by atoms with Gasteiger partial charge in [-0.3, -0.25) is 0 Å². The smallest absolute Gasteiger partial charge is 0.224 e. The monoisotopic (exact) mass is 247 g/mol. The van der Waals surface area contributed by atoms with Gasteiger partial charge in [-0.1, -0.05) is 0 Å². The molecule has 0 aliphatic carbocycles. The van der Waals surface area contributed by atoms with E-state index in [1.54, 1.807) is 30.9 Å². The zero-order valence-corrected chi connectivity index (χ0v) is 10.3. The fraction of sp³-hybridized carbons (Fsp3) is 0.556. The summed E-state index contributed by atoms with van der Waals surface area (Å²) in [4.78, 5) is 7.73. The van der Waals surface area contributed by atoms with Gasteiger partial charge in [-0.2, -0.15) is 11.8 Å². The van der Waals surface area contributed by atoms with Gasteiger partial charge in [-0.25, -0.2) is 9.97 Å². The SMILES string of the molecule is CSCC(C)(O)CNc1ccnc(Cl)n1. The fourth-order valence-electron chi connectivity index (χ4n) is 1.08. The number of aromatic nitrogens is 2. The second kappa shape index (κ2) is 5.53. The van der Waals surface area contributed by atoms with Crippen LogP contribution in [0, 0.1) is 0 Å². The number of hydrogen-bond donors (Lipinski definition) is 2. The summed E-state index contributed by atoms with van der Waals surface area (Å²) in [7, 11) is 0. The van der Waals surface area contributed by atoms with E-state index in [-0.39, 0.29) is 5.28 Å². The van der Waals surface area contributed by atoms with Crippen LogP contribution >= 0.6 is 23.4 Å². The molecule has 15 heavy (non-hydrogen) atoms. The Morgan fingerprint density at radius 2 is 2.40 bits per heavy atom. The maximum atomic E-state index is 9.89. The fourth-order valence-corrected chi connectivity index (χ4v) is 1.95. The maximum absolute atomic E-state index is 9.89. The first kappa shape index (κ1) is 12.5. The van der Waals surface area contributed by atoms with Gasteiger partial charge in [0.25, 0.3) is 0 Å². The molecule has 0 aliphatic heterocycles. The van der Waals surface area contributed by atoms with E-state index in [2.05, 4.69) is 15.3 Å². The third-order valence-electron chi connectivity index (χ3n) is 1.73. The van der Waals surface area contributed by atoms with E-state index in [1.165, 1.54) is 0 Å². The van der Waals surface area contributed by atoms with E-state index >= 15 is 0 Å². The Balaban J connectivity index is 2.49. The van der Waals surface area contributed by atoms with E-state index in [4.69, 9.17) is 11.6 Å². The minimum Gasteiger partial charge on any atom is -0.387 e. The molecule has 1 atom stereocenters. The number of nitrogens with one attached hydrogen (secondary N) is 1. The Labute approximate surface area is 98.5 Å². The molecule has 1 rings (SSSR count). The lowest BCUT2D eigenvalue weighted by atomic mass is 10.1. The Hall–Kier alpha value is -0.520. The summed E-state index contributed by atoms with van der Waals surface area (Å²) >= 11 is 7.23. The summed E-state index contributed by atoms with van der Waals surface area (Å²) in [5.41, 5.74) is -0.753. The molecule has 84 valence electrons. The van der Waals surface area contributed by atoms with Gasteiger partial charge < -0.3 is 10.4 Å². The zero-order chi connectivity index (χ0) is 11.3. The first-order chi connectivity index (χ1) is 7.03. The standard InChI is InChI=1S/C9H14ClN3OS/c1-9(14,6-15-2)5-12-7-3-4-11-8(10)13-7/h3-4,14H,5-6H2,1-2H3,(H,11,12,13). The topological polar surface area (TPSA) is 58.0 Å². The average molecular weight is 248 g/mol. The number of anilines is 1. The molecular weight excluding hydrogens is 234 g/mol. The molecule has 4 nitrogen and oxygen atoms in total. The van der Waals surface area contributed by atoms with Crippen LogP contribution in [0.5, 0.6) is 0 Å². The molecule has 6 heteroatoms. The zero-order valence-electron chi connectivity index (χ0n) is 8.70. The number of thioether (sulfide) groups is 1. The quantitative estimate of drug-likeness (QED) is 0.775. The minimum atomic E-state index is -0.753. The van der Waals surface area contributed by atoms with Gasteiger partial charge in [-0.05, 0) is 30.8 Å². The second-order valence-electron chi connectivity index (χ2n) is 3.49. The van der Waals surface area contributed by atoms with Crippen molar-refractivity contribution in [2.45, 2.75) is 12.5 Å². The van der Waals surface area contributed by atoms with Crippen molar-refractivity contribution in [2.75, 3.05) is 23.9 Å². The predicted molar refractivity (Wildman–Crippen MR) is 64.5 cm³/mol. The van der Waals surface area contributed by atoms with E-state index in [0.29, 0.717) is 18.1 Å². The third-order valence-corrected chi connectivity index (χ3v) is 2.82. The Morgan fingerprint density at radius 1 is 1.67 bits per heavy atom. The minimum absolute atomic E-state index is 0.199. The van der Waals surface area contributed by atoms with Crippen LogP contribution in [0.2, 0.25) is 5.28 Å². The second-order valence-corrected chi connectivity index (χ2v) is 4.70. The molecule has 0 radical (unpaired) electrons. The summed E-state index contributed by atoms with van der Waals surface area (Å²) in [6.45, 7) is 2.21. The predicted octanol–water partition coefficient (Wildman–Crippen LogP) is 1.66. The number of halogens is 1. The van der Waals surface area contributed by atoms with Gasteiger partial charge in [0.05, 0.1) is 5.60 Å². The number of rotatable bonds is 5. The van der Waals surface area contributed by atoms with Crippen LogP contribution in [0.3, 0.4) is 0 Å². The number of aliphatic hydroxyl groups is 1. The van der Waals surface area contributed by atoms with Crippen LogP contribution in [0.4, 0.5) is 5.82 Å². The highest BCUT2D eigenvalue weighted by Gasteiger charge is 2.19. The molecular formula is C9H14ClN3OS. The molecule has 0 saturated carbocycles. The lowest BCUT2D eigenvalue weighted by molar-refractivity contribution is 0.0996. The summed E-state index contributed by atoms with van der Waals surface area (Å²) in [5.74, 6) is 1.29. The van der Waals surface area contributed by atoms with Crippen LogP contribution in [0.1, 0.15) is 6.92 Å². The van der Waals surface area contributed by atoms with E-state index in [0.717, 1.165) is 0 Å². The van der Waals surface area contributed by atoms with Crippen molar-refractivity contribution in [3.05, 3.63) is 17.5 Å². The van der Waals surface area contributed by atoms with Crippen molar-refractivity contribution in [1.29, 1.82) is 0 Å². The summed E-state index contributed by atoms with van der Waals surface area (Å²) < 4.78 is 0. The average Bonchev–Trinajstić information content (AvgIpc) is 2.15. The van der Waals surface area contributed by atoms with E-state index in [1.807, 2.05) is 6.26 Å². The molecule has 0 amide bonds. The maximum Gasteiger partial charge on any atom is 0.224 e. The van der Waals surface area contributed by atoms with E-state index < -0.39 is 5.60 Å². The molecule has 1 aromatic rings. The van der Waals surface area contributed by atoms with Crippen LogP contribution in [-0.2, 0) is 0 Å². The van der Waals surface area contributed by atoms with Gasteiger partial charge in [0, 0.05) is 18.5 Å². The van der Waals surface area contributed by atoms with Gasteiger partial charge >= 0.3 is 0 Å². The molecule has 0 aromatic carbocycles. The molecule has 0 fully saturated rings. The number of nitrogens with zero attached hydrogens (tertiary/aromatic N) is 2. The molecule has 1 unspecified atom stereocenters. The molecule has 0 saturated heterocycles. The highest BCUT2D eigenvalue weighted by atomic mass is 35.5. The lowest BCUT2D eigenvalue weighted by Crippen LogP contribution is -2.36. The summed E-state index contributed by atoms with van der Waals surface area (Å²) in [6, 6.07) is 1.71. The molecule has 2 N–H and O–H groups in total. The van der Waals surface area contributed by atoms with Gasteiger partial charge in [0.1, 0.15) is 5.82 Å². The first-order valence-electron chi connectivity index (χ1n) is 4.47. The van der Waals surface area contributed by atoms with Gasteiger partial charge in [-0.15, -0.1) is 0 Å². The van der Waals surface area contributed by atoms with Crippen LogP contribution in [0.15, 0.2) is 12.3 Å². The van der Waals surface area contributed by atoms with Gasteiger partial charge in [0.15, 0.2) is 0 Å². The van der Waals surface area contributed by atoms with Crippen LogP contribution < -0.4 is 5.32 Å². The van der Waals surface area contributed by atoms with Crippen molar-refractivity contribution in [1.82, 2.24) is 9.97 Å². The Kier molecular flexibility index (Phi) is 4.63.